The van der Waals surface area contributed by atoms with Crippen LogP contribution in [-0.2, 0) is 24.2 Å². The van der Waals surface area contributed by atoms with Crippen molar-refractivity contribution in [3.05, 3.63) is 11.4 Å². The second-order valence-electron chi connectivity index (χ2n) is 14.2. The summed E-state index contributed by atoms with van der Waals surface area (Å²) in [5, 5.41) is -0.420. The summed E-state index contributed by atoms with van der Waals surface area (Å²) in [4.78, 5) is 72.0. The Morgan fingerprint density at radius 1 is 0.886 bits per heavy atom. The largest absolute Gasteiger partial charge is 0.385 e. The van der Waals surface area contributed by atoms with Gasteiger partial charge in [0.25, 0.3) is 17.7 Å². The van der Waals surface area contributed by atoms with Crippen molar-refractivity contribution in [1.82, 2.24) is 19.6 Å². The fraction of sp³-hybridized carbons (Fsp3) is 0.767. The molecule has 3 aliphatic carbocycles. The zero-order chi connectivity index (χ0) is 31.8. The molecule has 6 fully saturated rings. The summed E-state index contributed by atoms with van der Waals surface area (Å²) in [7, 11) is -1.62. The first-order valence-corrected chi connectivity index (χ1v) is 17.7. The van der Waals surface area contributed by atoms with Crippen LogP contribution in [0.3, 0.4) is 0 Å². The molecule has 4 N–H and O–H groups in total. The Hall–Kier alpha value is -3.16. The molecule has 0 aromatic heterocycles. The highest BCUT2D eigenvalue weighted by Crippen LogP contribution is 2.61. The van der Waals surface area contributed by atoms with E-state index in [1.165, 1.54) is 16.8 Å². The van der Waals surface area contributed by atoms with Crippen molar-refractivity contribution in [2.45, 2.75) is 101 Å². The number of hydrogen-bond donors (Lipinski definition) is 2. The molecular weight excluding hydrogens is 588 g/mol. The number of nitrogens with two attached hydrogens (primary N) is 2. The molecule has 242 valence electrons. The zero-order valence-corrected chi connectivity index (χ0v) is 26.4. The smallest absolute Gasteiger partial charge is 0.334 e. The number of hydrogen-bond acceptors (Lipinski definition) is 9. The van der Waals surface area contributed by atoms with E-state index in [-0.39, 0.29) is 47.1 Å². The Bertz CT molecular complexity index is 1420. The molecule has 2 atom stereocenters. The summed E-state index contributed by atoms with van der Waals surface area (Å²) in [5.74, 6) is -1.77. The van der Waals surface area contributed by atoms with Gasteiger partial charge < -0.3 is 16.4 Å². The molecule has 44 heavy (non-hydrogen) atoms. The van der Waals surface area contributed by atoms with Crippen LogP contribution in [-0.4, -0.2) is 101 Å². The van der Waals surface area contributed by atoms with Gasteiger partial charge in [-0.25, -0.2) is 18.0 Å². The highest BCUT2D eigenvalue weighted by Gasteiger charge is 2.68. The minimum absolute atomic E-state index is 0.00911. The number of amides is 7. The normalized spacial score (nSPS) is 30.4. The van der Waals surface area contributed by atoms with E-state index < -0.39 is 50.3 Å². The van der Waals surface area contributed by atoms with Gasteiger partial charge in [-0.15, -0.1) is 0 Å². The lowest BCUT2D eigenvalue weighted by Gasteiger charge is -2.59. The second-order valence-corrected chi connectivity index (χ2v) is 16.6. The van der Waals surface area contributed by atoms with Gasteiger partial charge in [-0.05, 0) is 87.9 Å². The Morgan fingerprint density at radius 3 is 2.11 bits per heavy atom. The van der Waals surface area contributed by atoms with Gasteiger partial charge in [0.15, 0.2) is 9.84 Å². The lowest BCUT2D eigenvalue weighted by Crippen LogP contribution is -2.66. The van der Waals surface area contributed by atoms with Gasteiger partial charge in [0.05, 0.1) is 11.0 Å². The maximum atomic E-state index is 13.5. The minimum Gasteiger partial charge on any atom is -0.385 e. The molecule has 0 unspecified atom stereocenters. The van der Waals surface area contributed by atoms with Crippen molar-refractivity contribution in [3.8, 4) is 0 Å². The van der Waals surface area contributed by atoms with Crippen LogP contribution in [0.15, 0.2) is 11.4 Å². The molecule has 13 nitrogen and oxygen atoms in total. The number of barbiturate groups is 1. The third-order valence-corrected chi connectivity index (χ3v) is 13.9. The lowest BCUT2D eigenvalue weighted by molar-refractivity contribution is -0.151. The molecule has 14 heteroatoms. The van der Waals surface area contributed by atoms with Gasteiger partial charge in [-0.2, -0.15) is 0 Å². The third kappa shape index (κ3) is 4.69. The van der Waals surface area contributed by atoms with Crippen molar-refractivity contribution in [1.29, 1.82) is 0 Å². The Kier molecular flexibility index (Phi) is 7.52. The van der Waals surface area contributed by atoms with Crippen molar-refractivity contribution in [2.75, 3.05) is 25.9 Å². The molecule has 2 spiro atoms. The first-order chi connectivity index (χ1) is 20.7. The highest BCUT2D eigenvalue weighted by molar-refractivity contribution is 7.92. The second kappa shape index (κ2) is 10.7. The number of carbonyl (C=O) groups is 5. The van der Waals surface area contributed by atoms with Crippen LogP contribution in [0.25, 0.3) is 0 Å². The van der Waals surface area contributed by atoms with Gasteiger partial charge in [0.1, 0.15) is 16.9 Å². The van der Waals surface area contributed by atoms with Crippen LogP contribution in [0.2, 0.25) is 0 Å². The molecule has 3 saturated carbocycles. The van der Waals surface area contributed by atoms with Gasteiger partial charge in [-0.1, -0.05) is 13.3 Å². The van der Waals surface area contributed by atoms with Gasteiger partial charge >= 0.3 is 12.1 Å². The average molecular weight is 633 g/mol. The molecule has 0 aromatic rings. The summed E-state index contributed by atoms with van der Waals surface area (Å²) in [6.45, 7) is 2.47. The Morgan fingerprint density at radius 2 is 1.55 bits per heavy atom. The topological polar surface area (TPSA) is 184 Å². The standard InChI is InChI=1S/C30H44N6O7S/c1-3-21-13-19(9-12-44(21,42)43)15-35-27(40)33(2)26(39)30(35)16-29(17-30)10-7-20(8-11-29)36-25(38)22(23(31)32)24(37)34(28(36)41)14-18-5-4-6-18/h18-21H,3-17,31-32H2,1-2H3/t19-,20?,21-,29?,30?/m1/s1. The lowest BCUT2D eigenvalue weighted by atomic mass is 9.51. The van der Waals surface area contributed by atoms with E-state index in [0.29, 0.717) is 64.3 Å². The maximum absolute atomic E-state index is 13.5. The molecule has 0 bridgehead atoms. The summed E-state index contributed by atoms with van der Waals surface area (Å²) < 4.78 is 24.9. The third-order valence-electron chi connectivity index (χ3n) is 11.5. The highest BCUT2D eigenvalue weighted by atomic mass is 32.2. The van der Waals surface area contributed by atoms with Gasteiger partial charge in [0, 0.05) is 26.2 Å². The summed E-state index contributed by atoms with van der Waals surface area (Å²) >= 11 is 0. The SMILES string of the molecule is CC[C@@H]1C[C@H](CN2C(=O)N(C)C(=O)C23CC2(CCC(N4C(=O)C(=C(N)N)C(=O)N(CC5CCC5)C4=O)CC2)C3)CCS1(=O)=O. The number of rotatable bonds is 6. The molecule has 3 heterocycles. The van der Waals surface area contributed by atoms with Crippen LogP contribution >= 0.6 is 0 Å². The first-order valence-electron chi connectivity index (χ1n) is 16.0. The van der Waals surface area contributed by atoms with Gasteiger partial charge in [-0.3, -0.25) is 29.1 Å². The average Bonchev–Trinajstić information content (AvgIpc) is 3.09. The van der Waals surface area contributed by atoms with E-state index >= 15 is 0 Å². The molecule has 6 aliphatic rings. The molecular formula is C30H44N6O7S. The van der Waals surface area contributed by atoms with E-state index in [9.17, 15) is 32.4 Å². The number of imide groups is 3. The van der Waals surface area contributed by atoms with Crippen LogP contribution in [0.5, 0.6) is 0 Å². The quantitative estimate of drug-likeness (QED) is 0.250. The summed E-state index contributed by atoms with van der Waals surface area (Å²) in [5.41, 5.74) is 10.0. The van der Waals surface area contributed by atoms with Crippen molar-refractivity contribution in [2.24, 2.45) is 28.7 Å². The molecule has 6 rings (SSSR count). The molecule has 3 saturated heterocycles. The summed E-state index contributed by atoms with van der Waals surface area (Å²) in [6, 6.07) is -1.38. The maximum Gasteiger partial charge on any atom is 0.334 e. The zero-order valence-electron chi connectivity index (χ0n) is 25.6. The number of sulfone groups is 1. The molecule has 7 amide bonds. The predicted molar refractivity (Wildman–Crippen MR) is 159 cm³/mol. The van der Waals surface area contributed by atoms with Crippen LogP contribution in [0.4, 0.5) is 9.59 Å². The van der Waals surface area contributed by atoms with E-state index in [1.54, 1.807) is 4.90 Å². The number of urea groups is 2. The van der Waals surface area contributed by atoms with Crippen LogP contribution < -0.4 is 11.5 Å². The monoisotopic (exact) mass is 632 g/mol. The van der Waals surface area contributed by atoms with Crippen molar-refractivity contribution in [3.63, 3.8) is 0 Å². The Labute approximate surface area is 258 Å². The van der Waals surface area contributed by atoms with Crippen LogP contribution in [0.1, 0.15) is 84.0 Å². The van der Waals surface area contributed by atoms with Gasteiger partial charge in [0.2, 0.25) is 0 Å². The number of carbonyl (C=O) groups excluding carboxylic acids is 5. The summed E-state index contributed by atoms with van der Waals surface area (Å²) in [6.07, 6.45) is 7.71. The van der Waals surface area contributed by atoms with E-state index in [2.05, 4.69) is 0 Å². The molecule has 0 radical (unpaired) electrons. The molecule has 3 aliphatic heterocycles. The van der Waals surface area contributed by atoms with Crippen molar-refractivity contribution >= 4 is 39.6 Å². The van der Waals surface area contributed by atoms with E-state index in [1.807, 2.05) is 6.92 Å². The first kappa shape index (κ1) is 30.8. The van der Waals surface area contributed by atoms with Crippen molar-refractivity contribution < 1.29 is 32.4 Å². The number of nitrogens with zero attached hydrogens (tertiary/aromatic N) is 4. The van der Waals surface area contributed by atoms with E-state index in [0.717, 1.165) is 24.2 Å². The van der Waals surface area contributed by atoms with Crippen LogP contribution in [0, 0.1) is 17.3 Å². The minimum atomic E-state index is -3.13. The fourth-order valence-electron chi connectivity index (χ4n) is 8.78. The Balaban J connectivity index is 1.15. The fourth-order valence-corrected chi connectivity index (χ4v) is 10.9. The number of likely N-dealkylation sites (N-methyl/N-ethyl adjacent to an activating group) is 1. The molecule has 0 aromatic carbocycles. The predicted octanol–water partition coefficient (Wildman–Crippen LogP) is 1.67. The van der Waals surface area contributed by atoms with E-state index in [4.69, 9.17) is 11.5 Å².